The molecule has 1 fully saturated rings. The molecule has 0 saturated carbocycles. The van der Waals surface area contributed by atoms with E-state index in [2.05, 4.69) is 10.3 Å². The van der Waals surface area contributed by atoms with Gasteiger partial charge in [-0.25, -0.2) is 4.98 Å². The number of amides is 1. The van der Waals surface area contributed by atoms with E-state index in [1.165, 1.54) is 6.42 Å². The van der Waals surface area contributed by atoms with E-state index in [9.17, 15) is 4.79 Å². The lowest BCUT2D eigenvalue weighted by molar-refractivity contribution is 0.0682. The van der Waals surface area contributed by atoms with E-state index in [1.807, 2.05) is 24.3 Å². The fraction of sp³-hybridized carbons (Fsp3) is 0.692. The molecule has 2 rings (SSSR count). The van der Waals surface area contributed by atoms with Crippen molar-refractivity contribution in [3.8, 4) is 0 Å². The van der Waals surface area contributed by atoms with Gasteiger partial charge in [0, 0.05) is 18.5 Å². The van der Waals surface area contributed by atoms with Crippen molar-refractivity contribution in [1.82, 2.24) is 15.2 Å². The largest absolute Gasteiger partial charge is 0.337 e. The Labute approximate surface area is 112 Å². The first-order valence-electron chi connectivity index (χ1n) is 6.56. The maximum absolute atomic E-state index is 12.2. The minimum Gasteiger partial charge on any atom is -0.337 e. The Bertz CT molecular complexity index is 397. The van der Waals surface area contributed by atoms with Crippen LogP contribution in [0.25, 0.3) is 0 Å². The van der Waals surface area contributed by atoms with E-state index in [4.69, 9.17) is 0 Å². The van der Waals surface area contributed by atoms with E-state index in [1.54, 1.807) is 11.3 Å². The van der Waals surface area contributed by atoms with Gasteiger partial charge in [-0.1, -0.05) is 0 Å². The second kappa shape index (κ2) is 6.29. The van der Waals surface area contributed by atoms with Crippen molar-refractivity contribution in [3.63, 3.8) is 0 Å². The molecule has 0 spiro atoms. The highest BCUT2D eigenvalue weighted by Gasteiger charge is 2.24. The minimum atomic E-state index is 0.103. The average molecular weight is 267 g/mol. The summed E-state index contributed by atoms with van der Waals surface area (Å²) in [6.07, 6.45) is 3.46. The molecule has 0 bridgehead atoms. The number of likely N-dealkylation sites (tertiary alicyclic amines) is 1. The molecule has 0 unspecified atom stereocenters. The molecule has 2 heterocycles. The Hall–Kier alpha value is -0.940. The smallest absolute Gasteiger partial charge is 0.273 e. The van der Waals surface area contributed by atoms with Gasteiger partial charge in [0.05, 0.1) is 5.01 Å². The summed E-state index contributed by atoms with van der Waals surface area (Å²) in [4.78, 5) is 18.4. The van der Waals surface area contributed by atoms with Gasteiger partial charge in [-0.2, -0.15) is 0 Å². The van der Waals surface area contributed by atoms with Gasteiger partial charge in [0.1, 0.15) is 5.69 Å². The van der Waals surface area contributed by atoms with Crippen molar-refractivity contribution in [2.24, 2.45) is 5.92 Å². The van der Waals surface area contributed by atoms with Gasteiger partial charge in [0.2, 0.25) is 0 Å². The quantitative estimate of drug-likeness (QED) is 0.906. The van der Waals surface area contributed by atoms with Crippen LogP contribution < -0.4 is 5.32 Å². The van der Waals surface area contributed by atoms with Crippen molar-refractivity contribution in [1.29, 1.82) is 0 Å². The molecule has 1 aromatic rings. The Morgan fingerprint density at radius 3 is 2.83 bits per heavy atom. The second-order valence-corrected chi connectivity index (χ2v) is 5.94. The number of nitrogens with one attached hydrogen (secondary N) is 1. The Morgan fingerprint density at radius 2 is 2.28 bits per heavy atom. The van der Waals surface area contributed by atoms with Crippen LogP contribution in [0.2, 0.25) is 0 Å². The van der Waals surface area contributed by atoms with Gasteiger partial charge in [0.15, 0.2) is 0 Å². The number of hydrogen-bond donors (Lipinski definition) is 1. The zero-order valence-electron chi connectivity index (χ0n) is 11.1. The van der Waals surface area contributed by atoms with Crippen LogP contribution in [0.5, 0.6) is 0 Å². The standard InChI is InChI=1S/C13H21N3OS/c1-10-15-12(9-18-10)13(17)16-7-4-11(5-8-16)3-6-14-2/h9,11,14H,3-8H2,1-2H3. The number of aromatic nitrogens is 1. The highest BCUT2D eigenvalue weighted by Crippen LogP contribution is 2.21. The molecular weight excluding hydrogens is 246 g/mol. The van der Waals surface area contributed by atoms with Gasteiger partial charge in [-0.05, 0) is 45.7 Å². The van der Waals surface area contributed by atoms with Crippen molar-refractivity contribution in [2.45, 2.75) is 26.2 Å². The third kappa shape index (κ3) is 3.29. The average Bonchev–Trinajstić information content (AvgIpc) is 2.83. The third-order valence-electron chi connectivity index (χ3n) is 3.54. The summed E-state index contributed by atoms with van der Waals surface area (Å²) in [6.45, 7) is 4.77. The summed E-state index contributed by atoms with van der Waals surface area (Å²) < 4.78 is 0. The molecule has 0 aromatic carbocycles. The van der Waals surface area contributed by atoms with Crippen molar-refractivity contribution < 1.29 is 4.79 Å². The van der Waals surface area contributed by atoms with Crippen LogP contribution in [0, 0.1) is 12.8 Å². The van der Waals surface area contributed by atoms with Crippen LogP contribution in [0.1, 0.15) is 34.8 Å². The highest BCUT2D eigenvalue weighted by atomic mass is 32.1. The van der Waals surface area contributed by atoms with Gasteiger partial charge >= 0.3 is 0 Å². The Balaban J connectivity index is 1.84. The molecule has 1 N–H and O–H groups in total. The monoisotopic (exact) mass is 267 g/mol. The lowest BCUT2D eigenvalue weighted by Gasteiger charge is -2.31. The van der Waals surface area contributed by atoms with Crippen molar-refractivity contribution in [2.75, 3.05) is 26.7 Å². The van der Waals surface area contributed by atoms with Gasteiger partial charge in [0.25, 0.3) is 5.91 Å². The molecular formula is C13H21N3OS. The number of thiazole rings is 1. The topological polar surface area (TPSA) is 45.2 Å². The number of nitrogens with zero attached hydrogens (tertiary/aromatic N) is 2. The summed E-state index contributed by atoms with van der Waals surface area (Å²) in [5, 5.41) is 6.01. The van der Waals surface area contributed by atoms with Crippen LogP contribution in [-0.4, -0.2) is 42.5 Å². The summed E-state index contributed by atoms with van der Waals surface area (Å²) >= 11 is 1.54. The predicted molar refractivity (Wildman–Crippen MR) is 74.0 cm³/mol. The van der Waals surface area contributed by atoms with Crippen LogP contribution in [0.15, 0.2) is 5.38 Å². The molecule has 0 radical (unpaired) electrons. The molecule has 1 saturated heterocycles. The fourth-order valence-electron chi connectivity index (χ4n) is 2.40. The summed E-state index contributed by atoms with van der Waals surface area (Å²) in [7, 11) is 1.99. The highest BCUT2D eigenvalue weighted by molar-refractivity contribution is 7.09. The van der Waals surface area contributed by atoms with Crippen LogP contribution in [-0.2, 0) is 0 Å². The Kier molecular flexibility index (Phi) is 4.72. The summed E-state index contributed by atoms with van der Waals surface area (Å²) in [6, 6.07) is 0. The molecule has 1 aliphatic rings. The third-order valence-corrected chi connectivity index (χ3v) is 4.32. The summed E-state index contributed by atoms with van der Waals surface area (Å²) in [5.41, 5.74) is 0.617. The zero-order chi connectivity index (χ0) is 13.0. The van der Waals surface area contributed by atoms with E-state index in [0.29, 0.717) is 5.69 Å². The van der Waals surface area contributed by atoms with Crippen molar-refractivity contribution in [3.05, 3.63) is 16.1 Å². The molecule has 1 amide bonds. The van der Waals surface area contributed by atoms with Crippen molar-refractivity contribution >= 4 is 17.2 Å². The number of rotatable bonds is 4. The van der Waals surface area contributed by atoms with Gasteiger partial charge in [-0.3, -0.25) is 4.79 Å². The van der Waals surface area contributed by atoms with Crippen LogP contribution >= 0.6 is 11.3 Å². The van der Waals surface area contributed by atoms with E-state index >= 15 is 0 Å². The second-order valence-electron chi connectivity index (χ2n) is 4.88. The molecule has 18 heavy (non-hydrogen) atoms. The lowest BCUT2D eigenvalue weighted by atomic mass is 9.93. The zero-order valence-corrected chi connectivity index (χ0v) is 11.9. The number of carbonyl (C=O) groups excluding carboxylic acids is 1. The minimum absolute atomic E-state index is 0.103. The van der Waals surface area contributed by atoms with Gasteiger partial charge < -0.3 is 10.2 Å². The molecule has 4 nitrogen and oxygen atoms in total. The number of piperidine rings is 1. The predicted octanol–water partition coefficient (Wildman–Crippen LogP) is 1.91. The maximum atomic E-state index is 12.2. The number of carbonyl (C=O) groups is 1. The van der Waals surface area contributed by atoms with Crippen LogP contribution in [0.3, 0.4) is 0 Å². The van der Waals surface area contributed by atoms with E-state index < -0.39 is 0 Å². The SMILES string of the molecule is CNCCC1CCN(C(=O)c2csc(C)n2)CC1. The fourth-order valence-corrected chi connectivity index (χ4v) is 2.98. The summed E-state index contributed by atoms with van der Waals surface area (Å²) in [5.74, 6) is 0.866. The first kappa shape index (κ1) is 13.5. The number of aryl methyl sites for hydroxylation is 1. The normalized spacial score (nSPS) is 17.1. The molecule has 0 aliphatic carbocycles. The number of hydrogen-bond acceptors (Lipinski definition) is 4. The maximum Gasteiger partial charge on any atom is 0.273 e. The van der Waals surface area contributed by atoms with Gasteiger partial charge in [-0.15, -0.1) is 11.3 Å². The molecule has 1 aliphatic heterocycles. The molecule has 1 aromatic heterocycles. The van der Waals surface area contributed by atoms with E-state index in [0.717, 1.165) is 43.4 Å². The first-order valence-corrected chi connectivity index (χ1v) is 7.44. The molecule has 0 atom stereocenters. The molecule has 5 heteroatoms. The first-order chi connectivity index (χ1) is 8.70. The molecule has 100 valence electrons. The van der Waals surface area contributed by atoms with Crippen LogP contribution in [0.4, 0.5) is 0 Å². The lowest BCUT2D eigenvalue weighted by Crippen LogP contribution is -2.39. The van der Waals surface area contributed by atoms with E-state index in [-0.39, 0.29) is 5.91 Å². The Morgan fingerprint density at radius 1 is 1.56 bits per heavy atom.